The van der Waals surface area contributed by atoms with Gasteiger partial charge in [0.25, 0.3) is 5.91 Å². The zero-order valence-corrected chi connectivity index (χ0v) is 20.7. The number of esters is 1. The Balaban J connectivity index is 1.36. The van der Waals surface area contributed by atoms with E-state index in [1.807, 2.05) is 29.6 Å². The zero-order chi connectivity index (χ0) is 23.2. The number of anilines is 1. The van der Waals surface area contributed by atoms with Crippen LogP contribution in [-0.4, -0.2) is 11.9 Å². The monoisotopic (exact) mass is 480 g/mol. The van der Waals surface area contributed by atoms with Crippen LogP contribution < -0.4 is 15.4 Å². The van der Waals surface area contributed by atoms with Crippen LogP contribution in [0, 0.1) is 11.3 Å². The molecule has 0 spiro atoms. The fourth-order valence-electron chi connectivity index (χ4n) is 4.73. The van der Waals surface area contributed by atoms with Crippen LogP contribution in [0.15, 0.2) is 41.8 Å². The highest BCUT2D eigenvalue weighted by Crippen LogP contribution is 2.47. The van der Waals surface area contributed by atoms with E-state index in [2.05, 4.69) is 31.4 Å². The minimum absolute atomic E-state index is 0.0274. The molecule has 5 nitrogen and oxygen atoms in total. The first-order valence-electron chi connectivity index (χ1n) is 11.4. The van der Waals surface area contributed by atoms with Crippen molar-refractivity contribution in [3.05, 3.63) is 68.2 Å². The van der Waals surface area contributed by atoms with Crippen molar-refractivity contribution in [2.75, 3.05) is 5.32 Å². The summed E-state index contributed by atoms with van der Waals surface area (Å²) in [6.07, 6.45) is 3.93. The van der Waals surface area contributed by atoms with Crippen molar-refractivity contribution in [1.29, 1.82) is 0 Å². The van der Waals surface area contributed by atoms with E-state index in [0.717, 1.165) is 41.8 Å². The van der Waals surface area contributed by atoms with Crippen molar-refractivity contribution in [2.24, 2.45) is 11.3 Å². The number of ether oxygens (including phenoxy) is 1. The van der Waals surface area contributed by atoms with Gasteiger partial charge in [0.05, 0.1) is 5.56 Å². The van der Waals surface area contributed by atoms with Gasteiger partial charge in [-0.15, -0.1) is 22.7 Å². The Morgan fingerprint density at radius 2 is 2.06 bits per heavy atom. The minimum Gasteiger partial charge on any atom is -0.422 e. The van der Waals surface area contributed by atoms with E-state index in [-0.39, 0.29) is 18.0 Å². The highest BCUT2D eigenvalue weighted by molar-refractivity contribution is 7.16. The van der Waals surface area contributed by atoms with E-state index in [0.29, 0.717) is 22.0 Å². The topological polar surface area (TPSA) is 67.4 Å². The lowest BCUT2D eigenvalue weighted by molar-refractivity contribution is 0.0739. The Hall–Kier alpha value is -2.64. The summed E-state index contributed by atoms with van der Waals surface area (Å²) in [7, 11) is 0. The molecule has 5 rings (SSSR count). The molecule has 33 heavy (non-hydrogen) atoms. The molecule has 2 aromatic heterocycles. The van der Waals surface area contributed by atoms with Gasteiger partial charge in [-0.25, -0.2) is 4.79 Å². The standard InChI is InChI=1S/C26H28N2O3S2/c1-4-26(2,3)16-10-11-18-20(14-16)33-24-21(18)23(29)27-22(28-24)15-7-5-8-17(13-15)31-25(30)19-9-6-12-32-19/h5-9,12-13,16,22,28H,4,10-11,14H2,1-3H3,(H,27,29)/t16-,22+/m1/s1. The third-order valence-corrected chi connectivity index (χ3v) is 9.22. The smallest absolute Gasteiger partial charge is 0.353 e. The van der Waals surface area contributed by atoms with Crippen LogP contribution in [0.4, 0.5) is 5.00 Å². The van der Waals surface area contributed by atoms with Crippen molar-refractivity contribution in [1.82, 2.24) is 5.32 Å². The molecule has 2 atom stereocenters. The van der Waals surface area contributed by atoms with Gasteiger partial charge in [-0.1, -0.05) is 45.4 Å². The first kappa shape index (κ1) is 22.2. The summed E-state index contributed by atoms with van der Waals surface area (Å²) in [5.74, 6) is 0.701. The maximum absolute atomic E-state index is 13.1. The van der Waals surface area contributed by atoms with Crippen molar-refractivity contribution in [2.45, 2.75) is 52.6 Å². The zero-order valence-electron chi connectivity index (χ0n) is 19.1. The van der Waals surface area contributed by atoms with E-state index in [1.165, 1.54) is 21.8 Å². The Morgan fingerprint density at radius 3 is 2.82 bits per heavy atom. The molecule has 3 heterocycles. The molecule has 0 saturated carbocycles. The van der Waals surface area contributed by atoms with Crippen LogP contribution in [0.5, 0.6) is 5.75 Å². The summed E-state index contributed by atoms with van der Waals surface area (Å²) in [6, 6.07) is 10.9. The molecule has 0 fully saturated rings. The Kier molecular flexibility index (Phi) is 5.79. The van der Waals surface area contributed by atoms with E-state index in [9.17, 15) is 9.59 Å². The second-order valence-corrected chi connectivity index (χ2v) is 11.5. The number of hydrogen-bond acceptors (Lipinski definition) is 6. The summed E-state index contributed by atoms with van der Waals surface area (Å²) < 4.78 is 5.54. The molecule has 1 aliphatic heterocycles. The van der Waals surface area contributed by atoms with Crippen molar-refractivity contribution >= 4 is 39.6 Å². The van der Waals surface area contributed by atoms with Crippen LogP contribution in [0.1, 0.15) is 75.8 Å². The van der Waals surface area contributed by atoms with Gasteiger partial charge in [-0.2, -0.15) is 0 Å². The molecule has 2 aliphatic rings. The number of nitrogens with one attached hydrogen (secondary N) is 2. The summed E-state index contributed by atoms with van der Waals surface area (Å²) in [4.78, 5) is 27.3. The third kappa shape index (κ3) is 4.20. The number of fused-ring (bicyclic) bond motifs is 3. The summed E-state index contributed by atoms with van der Waals surface area (Å²) in [6.45, 7) is 6.98. The third-order valence-electron chi connectivity index (χ3n) is 7.18. The lowest BCUT2D eigenvalue weighted by Crippen LogP contribution is -2.38. The fourth-order valence-corrected chi connectivity index (χ4v) is 6.68. The normalized spacial score (nSPS) is 19.8. The average molecular weight is 481 g/mol. The van der Waals surface area contributed by atoms with Gasteiger partial charge in [-0.05, 0) is 65.3 Å². The molecule has 1 amide bonds. The number of carbonyl (C=O) groups is 2. The molecule has 0 unspecified atom stereocenters. The van der Waals surface area contributed by atoms with Gasteiger partial charge in [0.2, 0.25) is 0 Å². The highest BCUT2D eigenvalue weighted by Gasteiger charge is 2.37. The number of amides is 1. The molecule has 0 radical (unpaired) electrons. The largest absolute Gasteiger partial charge is 0.422 e. The first-order valence-corrected chi connectivity index (χ1v) is 13.1. The molecule has 1 aliphatic carbocycles. The van der Waals surface area contributed by atoms with Crippen LogP contribution >= 0.6 is 22.7 Å². The SMILES string of the molecule is CCC(C)(C)[C@@H]1CCc2c(sc3c2C(=O)N[C@H](c2cccc(OC(=O)c4cccs4)c2)N3)C1. The second-order valence-electron chi connectivity index (χ2n) is 9.48. The van der Waals surface area contributed by atoms with Crippen LogP contribution in [0.2, 0.25) is 0 Å². The number of hydrogen-bond donors (Lipinski definition) is 2. The van der Waals surface area contributed by atoms with E-state index in [1.54, 1.807) is 23.5 Å². The molecule has 0 saturated heterocycles. The summed E-state index contributed by atoms with van der Waals surface area (Å²) in [5.41, 5.74) is 3.20. The molecule has 172 valence electrons. The molecule has 1 aromatic carbocycles. The Bertz CT molecular complexity index is 1200. The van der Waals surface area contributed by atoms with Crippen molar-refractivity contribution in [3.8, 4) is 5.75 Å². The van der Waals surface area contributed by atoms with Crippen molar-refractivity contribution in [3.63, 3.8) is 0 Å². The molecule has 7 heteroatoms. The van der Waals surface area contributed by atoms with Gasteiger partial charge in [-0.3, -0.25) is 4.79 Å². The Labute approximate surface area is 202 Å². The van der Waals surface area contributed by atoms with E-state index >= 15 is 0 Å². The summed E-state index contributed by atoms with van der Waals surface area (Å²) in [5, 5.41) is 9.42. The minimum atomic E-state index is -0.374. The average Bonchev–Trinajstić information content (AvgIpc) is 3.47. The molecule has 0 bridgehead atoms. The van der Waals surface area contributed by atoms with Gasteiger partial charge in [0.15, 0.2) is 0 Å². The predicted octanol–water partition coefficient (Wildman–Crippen LogP) is 6.42. The number of rotatable bonds is 5. The van der Waals surface area contributed by atoms with Crippen LogP contribution in [0.3, 0.4) is 0 Å². The summed E-state index contributed by atoms with van der Waals surface area (Å²) >= 11 is 3.08. The second kappa shape index (κ2) is 8.61. The van der Waals surface area contributed by atoms with Crippen molar-refractivity contribution < 1.29 is 14.3 Å². The maximum Gasteiger partial charge on any atom is 0.353 e. The number of carbonyl (C=O) groups excluding carboxylic acids is 2. The number of thiophene rings is 2. The lowest BCUT2D eigenvalue weighted by atomic mass is 9.69. The van der Waals surface area contributed by atoms with E-state index in [4.69, 9.17) is 4.74 Å². The molecular formula is C26H28N2O3S2. The van der Waals surface area contributed by atoms with E-state index < -0.39 is 0 Å². The predicted molar refractivity (Wildman–Crippen MR) is 133 cm³/mol. The number of benzene rings is 1. The molecule has 2 N–H and O–H groups in total. The van der Waals surface area contributed by atoms with Gasteiger partial charge in [0, 0.05) is 4.88 Å². The van der Waals surface area contributed by atoms with Gasteiger partial charge in [0.1, 0.15) is 21.8 Å². The fraction of sp³-hybridized carbons (Fsp3) is 0.385. The van der Waals surface area contributed by atoms with Crippen LogP contribution in [-0.2, 0) is 12.8 Å². The Morgan fingerprint density at radius 1 is 1.21 bits per heavy atom. The highest BCUT2D eigenvalue weighted by atomic mass is 32.1. The quantitative estimate of drug-likeness (QED) is 0.326. The maximum atomic E-state index is 13.1. The lowest BCUT2D eigenvalue weighted by Gasteiger charge is -2.36. The van der Waals surface area contributed by atoms with Gasteiger partial charge < -0.3 is 15.4 Å². The van der Waals surface area contributed by atoms with Crippen LogP contribution in [0.25, 0.3) is 0 Å². The molecule has 3 aromatic rings. The molecular weight excluding hydrogens is 452 g/mol. The van der Waals surface area contributed by atoms with Gasteiger partial charge >= 0.3 is 5.97 Å². The first-order chi connectivity index (χ1) is 15.9.